The third-order valence-electron chi connectivity index (χ3n) is 2.72. The smallest absolute Gasteiger partial charge is 0.243 e. The minimum Gasteiger partial charge on any atom is -0.243 e. The van der Waals surface area contributed by atoms with Crippen molar-refractivity contribution in [1.29, 1.82) is 0 Å². The zero-order chi connectivity index (χ0) is 14.8. The molecule has 0 aliphatic heterocycles. The topological polar surface area (TPSA) is 59.1 Å². The lowest BCUT2D eigenvalue weighted by molar-refractivity contribution is 0.579. The van der Waals surface area contributed by atoms with E-state index in [1.807, 2.05) is 0 Å². The molecule has 20 heavy (non-hydrogen) atoms. The van der Waals surface area contributed by atoms with Gasteiger partial charge in [0, 0.05) is 12.7 Å². The number of halogens is 2. The average molecular weight is 315 g/mol. The molecular weight excluding hydrogens is 303 g/mol. The Morgan fingerprint density at radius 3 is 2.75 bits per heavy atom. The SMILES string of the molecule is Cc1ccc(CNS(=O)(=O)c2cccnc2Cl)cc1F. The van der Waals surface area contributed by atoms with E-state index in [4.69, 9.17) is 11.6 Å². The molecule has 4 nitrogen and oxygen atoms in total. The molecule has 0 atom stereocenters. The van der Waals surface area contributed by atoms with Gasteiger partial charge in [0.15, 0.2) is 0 Å². The molecule has 0 aliphatic carbocycles. The first-order valence-corrected chi connectivity index (χ1v) is 7.61. The number of rotatable bonds is 4. The molecule has 1 heterocycles. The fourth-order valence-corrected chi connectivity index (χ4v) is 3.04. The van der Waals surface area contributed by atoms with Crippen molar-refractivity contribution >= 4 is 21.6 Å². The van der Waals surface area contributed by atoms with E-state index in [1.165, 1.54) is 24.4 Å². The van der Waals surface area contributed by atoms with Gasteiger partial charge in [-0.1, -0.05) is 23.7 Å². The fraction of sp³-hybridized carbons (Fsp3) is 0.154. The summed E-state index contributed by atoms with van der Waals surface area (Å²) in [5.41, 5.74) is 1.03. The van der Waals surface area contributed by atoms with Crippen LogP contribution in [0.15, 0.2) is 41.4 Å². The zero-order valence-corrected chi connectivity index (χ0v) is 12.2. The van der Waals surface area contributed by atoms with Gasteiger partial charge in [0.1, 0.15) is 15.9 Å². The van der Waals surface area contributed by atoms with Crippen molar-refractivity contribution in [2.75, 3.05) is 0 Å². The van der Waals surface area contributed by atoms with Crippen molar-refractivity contribution < 1.29 is 12.8 Å². The second-order valence-corrected chi connectivity index (χ2v) is 6.29. The van der Waals surface area contributed by atoms with Crippen LogP contribution in [0.3, 0.4) is 0 Å². The molecule has 7 heteroatoms. The lowest BCUT2D eigenvalue weighted by Gasteiger charge is -2.08. The predicted octanol–water partition coefficient (Wildman–Crippen LogP) is 2.66. The van der Waals surface area contributed by atoms with Crippen molar-refractivity contribution in [2.24, 2.45) is 0 Å². The van der Waals surface area contributed by atoms with Crippen LogP contribution in [0.1, 0.15) is 11.1 Å². The zero-order valence-electron chi connectivity index (χ0n) is 10.6. The van der Waals surface area contributed by atoms with Gasteiger partial charge in [0.2, 0.25) is 10.0 Å². The average Bonchev–Trinajstić information content (AvgIpc) is 2.40. The van der Waals surface area contributed by atoms with Crippen LogP contribution >= 0.6 is 11.6 Å². The molecular formula is C13H12ClFN2O2S. The van der Waals surface area contributed by atoms with Crippen molar-refractivity contribution in [3.05, 3.63) is 58.6 Å². The standard InChI is InChI=1S/C13H12ClFN2O2S/c1-9-4-5-10(7-11(9)15)8-17-20(18,19)12-3-2-6-16-13(12)14/h2-7,17H,8H2,1H3. The van der Waals surface area contributed by atoms with Crippen LogP contribution in [-0.4, -0.2) is 13.4 Å². The number of aryl methyl sites for hydroxylation is 1. The van der Waals surface area contributed by atoms with Crippen LogP contribution in [0.4, 0.5) is 4.39 Å². The van der Waals surface area contributed by atoms with E-state index in [2.05, 4.69) is 9.71 Å². The summed E-state index contributed by atoms with van der Waals surface area (Å²) in [6.45, 7) is 1.61. The maximum absolute atomic E-state index is 13.4. The lowest BCUT2D eigenvalue weighted by Crippen LogP contribution is -2.23. The number of hydrogen-bond acceptors (Lipinski definition) is 3. The molecule has 0 spiro atoms. The van der Waals surface area contributed by atoms with Crippen LogP contribution in [0.2, 0.25) is 5.15 Å². The molecule has 0 saturated carbocycles. The molecule has 1 aromatic heterocycles. The minimum absolute atomic E-state index is 0.0231. The van der Waals surface area contributed by atoms with Crippen molar-refractivity contribution in [1.82, 2.24) is 9.71 Å². The Bertz CT molecular complexity index is 735. The maximum Gasteiger partial charge on any atom is 0.243 e. The molecule has 0 unspecified atom stereocenters. The summed E-state index contributed by atoms with van der Waals surface area (Å²) < 4.78 is 39.8. The van der Waals surface area contributed by atoms with Gasteiger partial charge in [-0.2, -0.15) is 0 Å². The maximum atomic E-state index is 13.4. The first-order valence-electron chi connectivity index (χ1n) is 5.75. The highest BCUT2D eigenvalue weighted by Gasteiger charge is 2.18. The molecule has 0 aliphatic rings. The van der Waals surface area contributed by atoms with Crippen LogP contribution in [0, 0.1) is 12.7 Å². The molecule has 1 aromatic carbocycles. The van der Waals surface area contributed by atoms with E-state index in [1.54, 1.807) is 19.1 Å². The van der Waals surface area contributed by atoms with Gasteiger partial charge in [0.05, 0.1) is 0 Å². The molecule has 0 amide bonds. The lowest BCUT2D eigenvalue weighted by atomic mass is 10.1. The number of aromatic nitrogens is 1. The van der Waals surface area contributed by atoms with Gasteiger partial charge in [-0.3, -0.25) is 0 Å². The van der Waals surface area contributed by atoms with Crippen molar-refractivity contribution in [3.8, 4) is 0 Å². The van der Waals surface area contributed by atoms with E-state index in [9.17, 15) is 12.8 Å². The molecule has 0 bridgehead atoms. The van der Waals surface area contributed by atoms with Crippen LogP contribution in [-0.2, 0) is 16.6 Å². The van der Waals surface area contributed by atoms with Crippen molar-refractivity contribution in [2.45, 2.75) is 18.4 Å². The summed E-state index contributed by atoms with van der Waals surface area (Å²) in [6, 6.07) is 7.38. The third-order valence-corrected chi connectivity index (χ3v) is 4.56. The van der Waals surface area contributed by atoms with Gasteiger partial charge in [-0.05, 0) is 36.2 Å². The van der Waals surface area contributed by atoms with E-state index >= 15 is 0 Å². The summed E-state index contributed by atoms with van der Waals surface area (Å²) in [7, 11) is -3.78. The van der Waals surface area contributed by atoms with Gasteiger partial charge in [-0.15, -0.1) is 0 Å². The molecule has 0 saturated heterocycles. The second kappa shape index (κ2) is 5.87. The van der Waals surface area contributed by atoms with Gasteiger partial charge in [0.25, 0.3) is 0 Å². The van der Waals surface area contributed by atoms with Crippen LogP contribution in [0.25, 0.3) is 0 Å². The second-order valence-electron chi connectivity index (χ2n) is 4.20. The quantitative estimate of drug-likeness (QED) is 0.883. The normalized spacial score (nSPS) is 11.6. The number of nitrogens with one attached hydrogen (secondary N) is 1. The largest absolute Gasteiger partial charge is 0.243 e. The molecule has 2 aromatic rings. The number of sulfonamides is 1. The Labute approximate surface area is 121 Å². The summed E-state index contributed by atoms with van der Waals surface area (Å²) in [4.78, 5) is 3.61. The number of hydrogen-bond donors (Lipinski definition) is 1. The molecule has 2 rings (SSSR count). The van der Waals surface area contributed by atoms with Gasteiger partial charge >= 0.3 is 0 Å². The van der Waals surface area contributed by atoms with Crippen LogP contribution < -0.4 is 4.72 Å². The van der Waals surface area contributed by atoms with Gasteiger partial charge < -0.3 is 0 Å². The molecule has 0 radical (unpaired) electrons. The third kappa shape index (κ3) is 3.33. The highest BCUT2D eigenvalue weighted by atomic mass is 35.5. The number of nitrogens with zero attached hydrogens (tertiary/aromatic N) is 1. The van der Waals surface area contributed by atoms with Gasteiger partial charge in [-0.25, -0.2) is 22.5 Å². The summed E-state index contributed by atoms with van der Waals surface area (Å²) in [5.74, 6) is -0.374. The van der Waals surface area contributed by atoms with E-state index in [-0.39, 0.29) is 22.4 Å². The van der Waals surface area contributed by atoms with E-state index < -0.39 is 10.0 Å². The Morgan fingerprint density at radius 1 is 1.35 bits per heavy atom. The highest BCUT2D eigenvalue weighted by Crippen LogP contribution is 2.18. The minimum atomic E-state index is -3.78. The van der Waals surface area contributed by atoms with E-state index in [0.717, 1.165) is 0 Å². The predicted molar refractivity (Wildman–Crippen MR) is 74.4 cm³/mol. The monoisotopic (exact) mass is 314 g/mol. The number of benzene rings is 1. The summed E-state index contributed by atoms with van der Waals surface area (Å²) in [5, 5.41) is -0.102. The Kier molecular flexibility index (Phi) is 4.37. The summed E-state index contributed by atoms with van der Waals surface area (Å²) >= 11 is 5.75. The number of pyridine rings is 1. The Balaban J connectivity index is 2.17. The molecule has 0 fully saturated rings. The Hall–Kier alpha value is -1.50. The fourth-order valence-electron chi connectivity index (χ4n) is 1.57. The first-order chi connectivity index (χ1) is 9.40. The molecule has 1 N–H and O–H groups in total. The van der Waals surface area contributed by atoms with Crippen molar-refractivity contribution in [3.63, 3.8) is 0 Å². The summed E-state index contributed by atoms with van der Waals surface area (Å²) in [6.07, 6.45) is 1.40. The van der Waals surface area contributed by atoms with Crippen LogP contribution in [0.5, 0.6) is 0 Å². The highest BCUT2D eigenvalue weighted by molar-refractivity contribution is 7.89. The van der Waals surface area contributed by atoms with E-state index in [0.29, 0.717) is 11.1 Å². The Morgan fingerprint density at radius 2 is 2.10 bits per heavy atom. The first kappa shape index (κ1) is 14.9. The molecule has 106 valence electrons.